The second-order valence-electron chi connectivity index (χ2n) is 10.2. The summed E-state index contributed by atoms with van der Waals surface area (Å²) >= 11 is 0. The lowest BCUT2D eigenvalue weighted by Gasteiger charge is -2.48. The van der Waals surface area contributed by atoms with Crippen molar-refractivity contribution < 1.29 is 13.6 Å². The maximum atomic E-state index is 14.7. The number of benzene rings is 1. The van der Waals surface area contributed by atoms with Crippen molar-refractivity contribution in [3.05, 3.63) is 30.1 Å². The molecular weight excluding hydrogens is 410 g/mol. The predicted molar refractivity (Wildman–Crippen MR) is 122 cm³/mol. The molecule has 0 radical (unpaired) electrons. The smallest absolute Gasteiger partial charge is 0.300 e. The van der Waals surface area contributed by atoms with Crippen molar-refractivity contribution in [2.75, 3.05) is 18.0 Å². The van der Waals surface area contributed by atoms with Crippen LogP contribution in [0.5, 0.6) is 0 Å². The zero-order valence-corrected chi connectivity index (χ0v) is 18.9. The average molecular weight is 445 g/mol. The van der Waals surface area contributed by atoms with Crippen molar-refractivity contribution in [2.24, 2.45) is 10.9 Å². The quantitative estimate of drug-likeness (QED) is 0.706. The van der Waals surface area contributed by atoms with Crippen molar-refractivity contribution in [2.45, 2.75) is 88.5 Å². The Hall–Kier alpha value is -2.02. The minimum Gasteiger partial charge on any atom is -0.300 e. The molecule has 7 heteroatoms. The zero-order chi connectivity index (χ0) is 22.3. The van der Waals surface area contributed by atoms with Gasteiger partial charge in [-0.15, -0.1) is 0 Å². The molecule has 4 aliphatic rings. The summed E-state index contributed by atoms with van der Waals surface area (Å²) in [5.41, 5.74) is -0.148. The number of hydrogen-bond acceptors (Lipinski definition) is 3. The molecule has 4 fully saturated rings. The number of piperidine rings is 1. The molecule has 2 saturated heterocycles. The van der Waals surface area contributed by atoms with Crippen LogP contribution in [0.2, 0.25) is 0 Å². The van der Waals surface area contributed by atoms with E-state index < -0.39 is 17.8 Å². The first kappa shape index (κ1) is 21.8. The van der Waals surface area contributed by atoms with Gasteiger partial charge in [-0.3, -0.25) is 15.2 Å². The standard InChI is InChI=1S/C25H34F2N4O/c1-17-15-25(12-13-30(17)16-18-6-4-7-18)23(28-22-11-3-2-10-21(22)27)29-24(32)31(25)20-9-5-8-19(26)14-20/h5,8-9,14,17-18,21-22H,2-4,6-7,10-13,15-16H2,1H3,(H,28,29,32)/t17-,21-,22-,25+/m0/s1. The molecule has 5 nitrogen and oxygen atoms in total. The van der Waals surface area contributed by atoms with E-state index in [4.69, 9.17) is 4.99 Å². The molecular formula is C25H34F2N4O. The van der Waals surface area contributed by atoms with Crippen molar-refractivity contribution >= 4 is 17.6 Å². The van der Waals surface area contributed by atoms with Gasteiger partial charge in [-0.25, -0.2) is 13.6 Å². The number of nitrogens with one attached hydrogen (secondary N) is 1. The van der Waals surface area contributed by atoms with Crippen LogP contribution in [-0.4, -0.2) is 53.7 Å². The number of amidine groups is 1. The van der Waals surface area contributed by atoms with E-state index in [1.165, 1.54) is 31.4 Å². The minimum atomic E-state index is -0.968. The van der Waals surface area contributed by atoms with Crippen LogP contribution in [0, 0.1) is 11.7 Å². The maximum Gasteiger partial charge on any atom is 0.328 e. The number of carbonyl (C=O) groups is 1. The zero-order valence-electron chi connectivity index (χ0n) is 18.9. The lowest BCUT2D eigenvalue weighted by Crippen LogP contribution is -2.60. The highest BCUT2D eigenvalue weighted by Crippen LogP contribution is 2.41. The molecule has 32 heavy (non-hydrogen) atoms. The summed E-state index contributed by atoms with van der Waals surface area (Å²) < 4.78 is 28.8. The second-order valence-corrected chi connectivity index (χ2v) is 10.2. The fourth-order valence-electron chi connectivity index (χ4n) is 6.05. The van der Waals surface area contributed by atoms with Crippen LogP contribution in [0.15, 0.2) is 29.3 Å². The third-order valence-electron chi connectivity index (χ3n) is 8.09. The number of halogens is 2. The van der Waals surface area contributed by atoms with Crippen LogP contribution >= 0.6 is 0 Å². The number of carbonyl (C=O) groups excluding carboxylic acids is 1. The summed E-state index contributed by atoms with van der Waals surface area (Å²) in [6.45, 7) is 4.16. The van der Waals surface area contributed by atoms with Crippen LogP contribution < -0.4 is 10.2 Å². The highest BCUT2D eigenvalue weighted by Gasteiger charge is 2.55. The van der Waals surface area contributed by atoms with Gasteiger partial charge in [0.25, 0.3) is 0 Å². The fraction of sp³-hybridized carbons (Fsp3) is 0.680. The lowest BCUT2D eigenvalue weighted by atomic mass is 9.79. The van der Waals surface area contributed by atoms with Crippen molar-refractivity contribution in [1.82, 2.24) is 10.2 Å². The van der Waals surface area contributed by atoms with E-state index in [1.807, 2.05) is 0 Å². The van der Waals surface area contributed by atoms with E-state index in [1.54, 1.807) is 17.0 Å². The van der Waals surface area contributed by atoms with Gasteiger partial charge in [0.05, 0.1) is 6.04 Å². The van der Waals surface area contributed by atoms with Crippen LogP contribution in [0.4, 0.5) is 19.3 Å². The highest BCUT2D eigenvalue weighted by molar-refractivity contribution is 6.19. The Balaban J connectivity index is 1.49. The fourth-order valence-corrected chi connectivity index (χ4v) is 6.05. The van der Waals surface area contributed by atoms with E-state index >= 15 is 0 Å². The highest BCUT2D eigenvalue weighted by atomic mass is 19.1. The van der Waals surface area contributed by atoms with Gasteiger partial charge in [-0.2, -0.15) is 0 Å². The largest absolute Gasteiger partial charge is 0.328 e. The molecule has 1 aromatic carbocycles. The summed E-state index contributed by atoms with van der Waals surface area (Å²) in [6, 6.07) is 5.76. The van der Waals surface area contributed by atoms with Gasteiger partial charge < -0.3 is 4.90 Å². The van der Waals surface area contributed by atoms with Gasteiger partial charge >= 0.3 is 6.03 Å². The number of amides is 2. The molecule has 5 rings (SSSR count). The maximum absolute atomic E-state index is 14.7. The first-order valence-electron chi connectivity index (χ1n) is 12.3. The summed E-state index contributed by atoms with van der Waals surface area (Å²) in [6.07, 6.45) is 7.47. The number of urea groups is 1. The second kappa shape index (κ2) is 8.73. The number of likely N-dealkylation sites (tertiary alicyclic amines) is 1. The molecule has 0 aromatic heterocycles. The summed E-state index contributed by atoms with van der Waals surface area (Å²) in [7, 11) is 0. The molecule has 174 valence electrons. The van der Waals surface area contributed by atoms with Crippen LogP contribution in [0.1, 0.15) is 64.7 Å². The molecule has 2 aliphatic carbocycles. The molecule has 1 aromatic rings. The van der Waals surface area contributed by atoms with Crippen LogP contribution in [-0.2, 0) is 0 Å². The van der Waals surface area contributed by atoms with Gasteiger partial charge in [-0.1, -0.05) is 25.3 Å². The summed E-state index contributed by atoms with van der Waals surface area (Å²) in [5.74, 6) is 0.982. The van der Waals surface area contributed by atoms with Gasteiger partial charge in [0, 0.05) is 24.8 Å². The molecule has 1 spiro atoms. The van der Waals surface area contributed by atoms with E-state index in [0.717, 1.165) is 31.8 Å². The molecule has 4 atom stereocenters. The number of hydrogen-bond donors (Lipinski definition) is 1. The van der Waals surface area contributed by atoms with Gasteiger partial charge in [-0.05, 0) is 69.6 Å². The van der Waals surface area contributed by atoms with E-state index in [2.05, 4.69) is 17.1 Å². The Morgan fingerprint density at radius 2 is 2.00 bits per heavy atom. The molecule has 2 aliphatic heterocycles. The van der Waals surface area contributed by atoms with Crippen molar-refractivity contribution in [3.63, 3.8) is 0 Å². The van der Waals surface area contributed by atoms with Gasteiger partial charge in [0.15, 0.2) is 0 Å². The Bertz CT molecular complexity index is 888. The molecule has 0 unspecified atom stereocenters. The first-order valence-corrected chi connectivity index (χ1v) is 12.3. The monoisotopic (exact) mass is 444 g/mol. The van der Waals surface area contributed by atoms with Gasteiger partial charge in [0.2, 0.25) is 0 Å². The third-order valence-corrected chi connectivity index (χ3v) is 8.09. The SMILES string of the molecule is C[C@H]1C[C@]2(CCN1CC1CCC1)C(=N[C@H]1CCCC[C@@H]1F)NC(=O)N2c1cccc(F)c1. The van der Waals surface area contributed by atoms with Gasteiger partial charge in [0.1, 0.15) is 23.4 Å². The molecule has 2 heterocycles. The number of rotatable bonds is 4. The number of aliphatic imine (C=N–C) groups is 1. The van der Waals surface area contributed by atoms with E-state index in [9.17, 15) is 13.6 Å². The summed E-state index contributed by atoms with van der Waals surface area (Å²) in [5, 5.41) is 2.98. The predicted octanol–water partition coefficient (Wildman–Crippen LogP) is 5.06. The minimum absolute atomic E-state index is 0.255. The van der Waals surface area contributed by atoms with Crippen LogP contribution in [0.25, 0.3) is 0 Å². The third kappa shape index (κ3) is 3.93. The normalized spacial score (nSPS) is 35.3. The summed E-state index contributed by atoms with van der Waals surface area (Å²) in [4.78, 5) is 22.3. The molecule has 1 N–H and O–H groups in total. The molecule has 0 bridgehead atoms. The van der Waals surface area contributed by atoms with Crippen molar-refractivity contribution in [3.8, 4) is 0 Å². The number of nitrogens with zero attached hydrogens (tertiary/aromatic N) is 3. The average Bonchev–Trinajstić information content (AvgIpc) is 2.98. The lowest BCUT2D eigenvalue weighted by molar-refractivity contribution is 0.0906. The number of alkyl halides is 1. The topological polar surface area (TPSA) is 47.9 Å². The van der Waals surface area contributed by atoms with Crippen molar-refractivity contribution in [1.29, 1.82) is 0 Å². The van der Waals surface area contributed by atoms with E-state index in [0.29, 0.717) is 37.2 Å². The Morgan fingerprint density at radius 1 is 1.19 bits per heavy atom. The molecule has 2 saturated carbocycles. The van der Waals surface area contributed by atoms with Crippen LogP contribution in [0.3, 0.4) is 0 Å². The Labute approximate surface area is 189 Å². The first-order chi connectivity index (χ1) is 15.5. The van der Waals surface area contributed by atoms with E-state index in [-0.39, 0.29) is 17.9 Å². The Morgan fingerprint density at radius 3 is 2.69 bits per heavy atom. The Kier molecular flexibility index (Phi) is 5.95. The molecule has 2 amide bonds. The number of anilines is 1.